The number of carbonyl (C=O) groups excluding carboxylic acids is 1. The van der Waals surface area contributed by atoms with E-state index in [0.29, 0.717) is 24.7 Å². The third-order valence-electron chi connectivity index (χ3n) is 4.30. The van der Waals surface area contributed by atoms with Crippen molar-refractivity contribution >= 4 is 17.5 Å². The van der Waals surface area contributed by atoms with Gasteiger partial charge in [-0.3, -0.25) is 4.79 Å². The summed E-state index contributed by atoms with van der Waals surface area (Å²) in [6, 6.07) is 21.6. The van der Waals surface area contributed by atoms with Crippen LogP contribution in [0.5, 0.6) is 0 Å². The van der Waals surface area contributed by atoms with Gasteiger partial charge in [-0.1, -0.05) is 48.5 Å². The highest BCUT2D eigenvalue weighted by Gasteiger charge is 2.18. The van der Waals surface area contributed by atoms with Gasteiger partial charge in [-0.15, -0.1) is 0 Å². The predicted octanol–water partition coefficient (Wildman–Crippen LogP) is 4.22. The van der Waals surface area contributed by atoms with E-state index in [4.69, 9.17) is 0 Å². The number of rotatable bonds is 6. The van der Waals surface area contributed by atoms with Crippen LogP contribution in [-0.4, -0.2) is 34.4 Å². The van der Waals surface area contributed by atoms with Crippen LogP contribution < -0.4 is 4.90 Å². The molecule has 2 aromatic carbocycles. The standard InChI is InChI=1S/C22H24N4O/c1-4-26(19-13-9-6-10-14-19)22-23-17(2)15-20(24-22)21(27)25(3)16-18-11-7-5-8-12-18/h5-15H,4,16H2,1-3H3. The molecular formula is C22H24N4O. The van der Waals surface area contributed by atoms with Gasteiger partial charge in [0.2, 0.25) is 5.95 Å². The minimum Gasteiger partial charge on any atom is -0.336 e. The molecule has 3 rings (SSSR count). The number of aromatic nitrogens is 2. The lowest BCUT2D eigenvalue weighted by atomic mass is 10.2. The van der Waals surface area contributed by atoms with Crippen LogP contribution in [0, 0.1) is 6.92 Å². The third-order valence-corrected chi connectivity index (χ3v) is 4.30. The summed E-state index contributed by atoms with van der Waals surface area (Å²) in [5, 5.41) is 0. The molecule has 0 bridgehead atoms. The second-order valence-electron chi connectivity index (χ2n) is 6.42. The topological polar surface area (TPSA) is 49.3 Å². The minimum absolute atomic E-state index is 0.116. The van der Waals surface area contributed by atoms with Crippen LogP contribution in [0.3, 0.4) is 0 Å². The number of nitrogens with zero attached hydrogens (tertiary/aromatic N) is 4. The Balaban J connectivity index is 1.87. The highest BCUT2D eigenvalue weighted by atomic mass is 16.2. The first-order chi connectivity index (χ1) is 13.1. The van der Waals surface area contributed by atoms with Gasteiger partial charge < -0.3 is 9.80 Å². The zero-order valence-electron chi connectivity index (χ0n) is 16.0. The van der Waals surface area contributed by atoms with Gasteiger partial charge in [0.05, 0.1) is 0 Å². The van der Waals surface area contributed by atoms with E-state index in [1.165, 1.54) is 0 Å². The van der Waals surface area contributed by atoms with Crippen LogP contribution in [0.15, 0.2) is 66.7 Å². The summed E-state index contributed by atoms with van der Waals surface area (Å²) in [5.41, 5.74) is 3.26. The molecule has 0 saturated carbocycles. The van der Waals surface area contributed by atoms with Crippen molar-refractivity contribution < 1.29 is 4.79 Å². The van der Waals surface area contributed by atoms with E-state index in [1.54, 1.807) is 18.0 Å². The van der Waals surface area contributed by atoms with Crippen molar-refractivity contribution in [1.82, 2.24) is 14.9 Å². The Morgan fingerprint density at radius 3 is 2.22 bits per heavy atom. The number of carbonyl (C=O) groups is 1. The highest BCUT2D eigenvalue weighted by Crippen LogP contribution is 2.22. The summed E-state index contributed by atoms with van der Waals surface area (Å²) < 4.78 is 0. The molecule has 0 N–H and O–H groups in total. The zero-order chi connectivity index (χ0) is 19.2. The Morgan fingerprint density at radius 2 is 1.59 bits per heavy atom. The fourth-order valence-corrected chi connectivity index (χ4v) is 2.96. The maximum absolute atomic E-state index is 12.9. The van der Waals surface area contributed by atoms with Crippen LogP contribution in [0.1, 0.15) is 28.7 Å². The van der Waals surface area contributed by atoms with Crippen molar-refractivity contribution in [3.05, 3.63) is 83.7 Å². The summed E-state index contributed by atoms with van der Waals surface area (Å²) in [6.07, 6.45) is 0. The molecule has 1 heterocycles. The molecule has 5 nitrogen and oxygen atoms in total. The number of aryl methyl sites for hydroxylation is 1. The molecular weight excluding hydrogens is 336 g/mol. The van der Waals surface area contributed by atoms with Crippen molar-refractivity contribution in [2.75, 3.05) is 18.5 Å². The molecule has 0 aliphatic rings. The normalized spacial score (nSPS) is 10.5. The second kappa shape index (κ2) is 8.45. The predicted molar refractivity (Wildman–Crippen MR) is 108 cm³/mol. The minimum atomic E-state index is -0.116. The van der Waals surface area contributed by atoms with Crippen LogP contribution in [-0.2, 0) is 6.54 Å². The summed E-state index contributed by atoms with van der Waals surface area (Å²) >= 11 is 0. The summed E-state index contributed by atoms with van der Waals surface area (Å²) in [5.74, 6) is 0.426. The SMILES string of the molecule is CCN(c1ccccc1)c1nc(C)cc(C(=O)N(C)Cc2ccccc2)n1. The van der Waals surface area contributed by atoms with E-state index < -0.39 is 0 Å². The average Bonchev–Trinajstić information content (AvgIpc) is 2.69. The van der Waals surface area contributed by atoms with E-state index in [-0.39, 0.29) is 5.91 Å². The molecule has 1 aromatic heterocycles. The van der Waals surface area contributed by atoms with Crippen LogP contribution in [0.25, 0.3) is 0 Å². The third kappa shape index (κ3) is 4.50. The summed E-state index contributed by atoms with van der Waals surface area (Å²) in [6.45, 7) is 5.18. The Labute approximate surface area is 160 Å². The molecule has 0 atom stereocenters. The first-order valence-electron chi connectivity index (χ1n) is 9.06. The molecule has 0 radical (unpaired) electrons. The van der Waals surface area contributed by atoms with Crippen LogP contribution >= 0.6 is 0 Å². The van der Waals surface area contributed by atoms with Gasteiger partial charge in [0.25, 0.3) is 5.91 Å². The fraction of sp³-hybridized carbons (Fsp3) is 0.227. The zero-order valence-corrected chi connectivity index (χ0v) is 16.0. The number of amides is 1. The summed E-state index contributed by atoms with van der Waals surface area (Å²) in [4.78, 5) is 25.7. The van der Waals surface area contributed by atoms with Crippen molar-refractivity contribution in [2.24, 2.45) is 0 Å². The Bertz CT molecular complexity index is 897. The van der Waals surface area contributed by atoms with Crippen molar-refractivity contribution in [1.29, 1.82) is 0 Å². The average molecular weight is 360 g/mol. The molecule has 0 fully saturated rings. The molecule has 0 unspecified atom stereocenters. The quantitative estimate of drug-likeness (QED) is 0.660. The second-order valence-corrected chi connectivity index (χ2v) is 6.42. The summed E-state index contributed by atoms with van der Waals surface area (Å²) in [7, 11) is 1.79. The Hall–Kier alpha value is -3.21. The van der Waals surface area contributed by atoms with E-state index in [1.807, 2.05) is 79.4 Å². The molecule has 3 aromatic rings. The number of para-hydroxylation sites is 1. The van der Waals surface area contributed by atoms with Gasteiger partial charge in [-0.2, -0.15) is 0 Å². The van der Waals surface area contributed by atoms with Crippen LogP contribution in [0.4, 0.5) is 11.6 Å². The Morgan fingerprint density at radius 1 is 0.963 bits per heavy atom. The Kier molecular flexibility index (Phi) is 5.81. The lowest BCUT2D eigenvalue weighted by molar-refractivity contribution is 0.0779. The number of hydrogen-bond donors (Lipinski definition) is 0. The molecule has 0 spiro atoms. The van der Waals surface area contributed by atoms with Gasteiger partial charge in [0.1, 0.15) is 5.69 Å². The van der Waals surface area contributed by atoms with Crippen molar-refractivity contribution in [3.63, 3.8) is 0 Å². The van der Waals surface area contributed by atoms with Gasteiger partial charge in [-0.25, -0.2) is 9.97 Å². The van der Waals surface area contributed by atoms with E-state index in [9.17, 15) is 4.79 Å². The fourth-order valence-electron chi connectivity index (χ4n) is 2.96. The number of benzene rings is 2. The van der Waals surface area contributed by atoms with Crippen molar-refractivity contribution in [2.45, 2.75) is 20.4 Å². The smallest absolute Gasteiger partial charge is 0.272 e. The van der Waals surface area contributed by atoms with Crippen LogP contribution in [0.2, 0.25) is 0 Å². The molecule has 138 valence electrons. The maximum Gasteiger partial charge on any atom is 0.272 e. The highest BCUT2D eigenvalue weighted by molar-refractivity contribution is 5.92. The monoisotopic (exact) mass is 360 g/mol. The van der Waals surface area contributed by atoms with Gasteiger partial charge in [-0.05, 0) is 37.6 Å². The molecule has 0 aliphatic heterocycles. The van der Waals surface area contributed by atoms with Gasteiger partial charge in [0, 0.05) is 31.5 Å². The first-order valence-corrected chi connectivity index (χ1v) is 9.06. The molecule has 0 aliphatic carbocycles. The molecule has 27 heavy (non-hydrogen) atoms. The first kappa shape index (κ1) is 18.6. The maximum atomic E-state index is 12.9. The largest absolute Gasteiger partial charge is 0.336 e. The molecule has 5 heteroatoms. The molecule has 0 saturated heterocycles. The lowest BCUT2D eigenvalue weighted by Gasteiger charge is -2.22. The van der Waals surface area contributed by atoms with Gasteiger partial charge in [0.15, 0.2) is 0 Å². The van der Waals surface area contributed by atoms with Crippen molar-refractivity contribution in [3.8, 4) is 0 Å². The lowest BCUT2D eigenvalue weighted by Crippen LogP contribution is -2.28. The number of hydrogen-bond acceptors (Lipinski definition) is 4. The number of anilines is 2. The molecule has 1 amide bonds. The van der Waals surface area contributed by atoms with E-state index in [0.717, 1.165) is 16.9 Å². The van der Waals surface area contributed by atoms with E-state index >= 15 is 0 Å². The van der Waals surface area contributed by atoms with E-state index in [2.05, 4.69) is 9.97 Å². The van der Waals surface area contributed by atoms with Gasteiger partial charge >= 0.3 is 0 Å².